The van der Waals surface area contributed by atoms with Gasteiger partial charge in [0.25, 0.3) is 0 Å². The Labute approximate surface area is 180 Å². The van der Waals surface area contributed by atoms with E-state index in [0.29, 0.717) is 11.9 Å². The Morgan fingerprint density at radius 2 is 1.30 bits per heavy atom. The van der Waals surface area contributed by atoms with Gasteiger partial charge in [-0.05, 0) is 58.5 Å². The van der Waals surface area contributed by atoms with Crippen LogP contribution in [0, 0.1) is 0 Å². The summed E-state index contributed by atoms with van der Waals surface area (Å²) in [4.78, 5) is 38.3. The van der Waals surface area contributed by atoms with Crippen LogP contribution in [0.5, 0.6) is 0 Å². The van der Waals surface area contributed by atoms with E-state index in [4.69, 9.17) is 19.8 Å². The minimum absolute atomic E-state index is 0.0548. The van der Waals surface area contributed by atoms with E-state index in [0.717, 1.165) is 19.1 Å². The molecule has 1 aliphatic carbocycles. The van der Waals surface area contributed by atoms with Crippen LogP contribution in [0.15, 0.2) is 0 Å². The van der Waals surface area contributed by atoms with Gasteiger partial charge in [-0.15, -0.1) is 0 Å². The number of nitrogens with zero attached hydrogens (tertiary/aromatic N) is 3. The molecule has 0 radical (unpaired) electrons. The fraction of sp³-hybridized carbons (Fsp3) is 0.864. The molecule has 2 N–H and O–H groups in total. The summed E-state index contributed by atoms with van der Waals surface area (Å²) in [6.07, 6.45) is 13.0. The molecule has 3 fully saturated rings. The first-order chi connectivity index (χ1) is 14.3. The fourth-order valence-electron chi connectivity index (χ4n) is 5.02. The van der Waals surface area contributed by atoms with Crippen molar-refractivity contribution in [3.63, 3.8) is 0 Å². The lowest BCUT2D eigenvalue weighted by atomic mass is 9.94. The molecule has 0 aromatic rings. The molecule has 1 atom stereocenters. The Morgan fingerprint density at radius 1 is 0.800 bits per heavy atom. The van der Waals surface area contributed by atoms with Gasteiger partial charge in [-0.3, -0.25) is 9.69 Å². The zero-order valence-electron chi connectivity index (χ0n) is 18.6. The second kappa shape index (κ2) is 12.2. The van der Waals surface area contributed by atoms with Crippen LogP contribution in [0.3, 0.4) is 0 Å². The van der Waals surface area contributed by atoms with Gasteiger partial charge in [-0.1, -0.05) is 25.7 Å². The molecule has 2 saturated heterocycles. The Kier molecular flexibility index (Phi) is 10.0. The number of piperidine rings is 2. The predicted octanol–water partition coefficient (Wildman–Crippen LogP) is 2.27. The Bertz CT molecular complexity index is 553. The maximum atomic E-state index is 12.9. The minimum atomic E-state index is -1.82. The van der Waals surface area contributed by atoms with Gasteiger partial charge in [-0.25, -0.2) is 9.59 Å². The van der Waals surface area contributed by atoms with Crippen molar-refractivity contribution >= 4 is 17.8 Å². The first kappa shape index (κ1) is 24.6. The van der Waals surface area contributed by atoms with Crippen LogP contribution in [0.2, 0.25) is 0 Å². The maximum Gasteiger partial charge on any atom is 0.414 e. The van der Waals surface area contributed by atoms with E-state index >= 15 is 0 Å². The molecule has 172 valence electrons. The minimum Gasteiger partial charge on any atom is -0.473 e. The van der Waals surface area contributed by atoms with Gasteiger partial charge in [0.05, 0.1) is 6.04 Å². The summed E-state index contributed by atoms with van der Waals surface area (Å²) in [5.74, 6) is -3.30. The van der Waals surface area contributed by atoms with Crippen LogP contribution in [0.4, 0.5) is 0 Å². The molecule has 2 aliphatic heterocycles. The molecule has 0 bridgehead atoms. The molecule has 0 aromatic heterocycles. The van der Waals surface area contributed by atoms with Crippen molar-refractivity contribution in [2.45, 2.75) is 89.3 Å². The highest BCUT2D eigenvalue weighted by Gasteiger charge is 2.32. The highest BCUT2D eigenvalue weighted by atomic mass is 16.4. The van der Waals surface area contributed by atoms with Crippen molar-refractivity contribution < 1.29 is 24.6 Å². The molecule has 3 rings (SSSR count). The third-order valence-electron chi connectivity index (χ3n) is 6.96. The zero-order valence-corrected chi connectivity index (χ0v) is 18.6. The number of carbonyl (C=O) groups excluding carboxylic acids is 1. The lowest BCUT2D eigenvalue weighted by Gasteiger charge is -2.42. The number of hydrogen-bond donors (Lipinski definition) is 2. The molecule has 1 unspecified atom stereocenters. The number of rotatable bonds is 4. The summed E-state index contributed by atoms with van der Waals surface area (Å²) in [5, 5.41) is 14.8. The molecular weight excluding hydrogens is 386 g/mol. The van der Waals surface area contributed by atoms with Crippen LogP contribution in [-0.2, 0) is 14.4 Å². The van der Waals surface area contributed by atoms with Crippen LogP contribution in [0.25, 0.3) is 0 Å². The zero-order chi connectivity index (χ0) is 22.1. The van der Waals surface area contributed by atoms with Crippen molar-refractivity contribution in [3.8, 4) is 0 Å². The van der Waals surface area contributed by atoms with Gasteiger partial charge < -0.3 is 20.0 Å². The number of carboxylic acids is 2. The maximum absolute atomic E-state index is 12.9. The van der Waals surface area contributed by atoms with E-state index in [1.165, 1.54) is 77.3 Å². The summed E-state index contributed by atoms with van der Waals surface area (Å²) in [7, 11) is 2.04. The van der Waals surface area contributed by atoms with E-state index < -0.39 is 11.9 Å². The molecular formula is C22H39N3O5. The molecule has 2 heterocycles. The van der Waals surface area contributed by atoms with E-state index in [1.54, 1.807) is 0 Å². The number of carboxylic acid groups (broad SMARTS) is 2. The van der Waals surface area contributed by atoms with Crippen LogP contribution in [0.1, 0.15) is 71.1 Å². The molecule has 1 saturated carbocycles. The predicted molar refractivity (Wildman–Crippen MR) is 114 cm³/mol. The summed E-state index contributed by atoms with van der Waals surface area (Å²) in [6, 6.07) is 1.30. The molecule has 0 spiro atoms. The smallest absolute Gasteiger partial charge is 0.414 e. The van der Waals surface area contributed by atoms with Gasteiger partial charge in [0.1, 0.15) is 0 Å². The number of hydrogen-bond acceptors (Lipinski definition) is 5. The Hall–Kier alpha value is -1.67. The molecule has 0 aromatic carbocycles. The average Bonchev–Trinajstić information content (AvgIpc) is 2.79. The lowest BCUT2D eigenvalue weighted by Crippen LogP contribution is -2.54. The Balaban J connectivity index is 0.000000469. The van der Waals surface area contributed by atoms with Crippen LogP contribution < -0.4 is 0 Å². The molecule has 8 heteroatoms. The number of amides is 1. The third-order valence-corrected chi connectivity index (χ3v) is 6.96. The fourth-order valence-corrected chi connectivity index (χ4v) is 5.02. The van der Waals surface area contributed by atoms with Gasteiger partial charge in [-0.2, -0.15) is 0 Å². The quantitative estimate of drug-likeness (QED) is 0.666. The number of carbonyl (C=O) groups is 3. The van der Waals surface area contributed by atoms with E-state index in [-0.39, 0.29) is 6.04 Å². The van der Waals surface area contributed by atoms with Crippen LogP contribution in [-0.4, -0.2) is 94.1 Å². The normalized spacial score (nSPS) is 23.1. The first-order valence-electron chi connectivity index (χ1n) is 11.5. The Morgan fingerprint density at radius 3 is 1.80 bits per heavy atom. The summed E-state index contributed by atoms with van der Waals surface area (Å²) >= 11 is 0. The van der Waals surface area contributed by atoms with Gasteiger partial charge in [0, 0.05) is 32.2 Å². The van der Waals surface area contributed by atoms with Crippen molar-refractivity contribution in [1.82, 2.24) is 14.7 Å². The van der Waals surface area contributed by atoms with E-state index in [2.05, 4.69) is 21.6 Å². The molecule has 3 aliphatic rings. The molecule has 1 amide bonds. The van der Waals surface area contributed by atoms with E-state index in [1.807, 2.05) is 7.05 Å². The highest BCUT2D eigenvalue weighted by molar-refractivity contribution is 6.27. The summed E-state index contributed by atoms with van der Waals surface area (Å²) in [5.41, 5.74) is 0. The number of likely N-dealkylation sites (tertiary alicyclic amines) is 2. The summed E-state index contributed by atoms with van der Waals surface area (Å²) in [6.45, 7) is 6.90. The largest absolute Gasteiger partial charge is 0.473 e. The van der Waals surface area contributed by atoms with Gasteiger partial charge >= 0.3 is 11.9 Å². The number of aliphatic carboxylic acids is 2. The highest BCUT2D eigenvalue weighted by Crippen LogP contribution is 2.25. The molecule has 8 nitrogen and oxygen atoms in total. The second-order valence-corrected chi connectivity index (χ2v) is 8.89. The average molecular weight is 426 g/mol. The van der Waals surface area contributed by atoms with Crippen molar-refractivity contribution in [3.05, 3.63) is 0 Å². The first-order valence-corrected chi connectivity index (χ1v) is 11.5. The van der Waals surface area contributed by atoms with Crippen molar-refractivity contribution in [2.24, 2.45) is 0 Å². The van der Waals surface area contributed by atoms with E-state index in [9.17, 15) is 4.79 Å². The van der Waals surface area contributed by atoms with Crippen molar-refractivity contribution in [2.75, 3.05) is 33.2 Å². The van der Waals surface area contributed by atoms with Crippen LogP contribution >= 0.6 is 0 Å². The monoisotopic (exact) mass is 425 g/mol. The third kappa shape index (κ3) is 7.23. The topological polar surface area (TPSA) is 101 Å². The van der Waals surface area contributed by atoms with Gasteiger partial charge in [0.15, 0.2) is 0 Å². The standard InChI is InChI=1S/C20H37N3O.C2H2O4/c1-17(20(24)21(2)18-9-5-3-6-10-18)22-15-11-19(12-16-22)23-13-7-4-8-14-23;3-1(4)2(5)6/h17-19H,3-16H2,1-2H3;(H,3,4)(H,5,6). The number of likely N-dealkylation sites (N-methyl/N-ethyl adjacent to an activating group) is 1. The SMILES string of the molecule is CC(C(=O)N(C)C1CCCCC1)N1CCC(N2CCCCC2)CC1.O=C(O)C(=O)O. The molecule has 30 heavy (non-hydrogen) atoms. The van der Waals surface area contributed by atoms with Crippen molar-refractivity contribution in [1.29, 1.82) is 0 Å². The van der Waals surface area contributed by atoms with Gasteiger partial charge in [0.2, 0.25) is 5.91 Å². The lowest BCUT2D eigenvalue weighted by molar-refractivity contribution is -0.159. The second-order valence-electron chi connectivity index (χ2n) is 8.89. The summed E-state index contributed by atoms with van der Waals surface area (Å²) < 4.78 is 0.